The van der Waals surface area contributed by atoms with E-state index in [1.54, 1.807) is 30.3 Å². The monoisotopic (exact) mass is 226 g/mol. The Hall–Kier alpha value is -0.870. The summed E-state index contributed by atoms with van der Waals surface area (Å²) in [5, 5.41) is 7.44. The van der Waals surface area contributed by atoms with E-state index < -0.39 is 0 Å². The number of carbonyl (C=O) groups excluding carboxylic acids is 1. The predicted molar refractivity (Wildman–Crippen MR) is 64.2 cm³/mol. The fourth-order valence-electron chi connectivity index (χ4n) is 1.25. The zero-order chi connectivity index (χ0) is 11.3. The van der Waals surface area contributed by atoms with Crippen molar-refractivity contribution in [3.8, 4) is 0 Å². The van der Waals surface area contributed by atoms with Crippen LogP contribution in [0.2, 0.25) is 0 Å². The first-order valence-corrected chi connectivity index (χ1v) is 5.98. The topological polar surface area (TPSA) is 32.3 Å². The van der Waals surface area contributed by atoms with Gasteiger partial charge in [0.15, 0.2) is 0 Å². The van der Waals surface area contributed by atoms with Gasteiger partial charge in [0.25, 0.3) is 0 Å². The van der Waals surface area contributed by atoms with Crippen molar-refractivity contribution < 1.29 is 4.79 Å². The Kier molecular flexibility index (Phi) is 4.78. The average Bonchev–Trinajstić information content (AvgIpc) is 2.66. The molecule has 1 rings (SSSR count). The summed E-state index contributed by atoms with van der Waals surface area (Å²) < 4.78 is 0. The normalized spacial score (nSPS) is 12.5. The van der Waals surface area contributed by atoms with Gasteiger partial charge in [-0.15, -0.1) is 0 Å². The van der Waals surface area contributed by atoms with Crippen molar-refractivity contribution in [1.82, 2.24) is 10.2 Å². The van der Waals surface area contributed by atoms with E-state index in [0.717, 1.165) is 6.42 Å². The van der Waals surface area contributed by atoms with E-state index in [9.17, 15) is 4.79 Å². The molecule has 1 N–H and O–H groups in total. The Morgan fingerprint density at radius 2 is 2.33 bits per heavy atom. The zero-order valence-electron chi connectivity index (χ0n) is 9.49. The molecule has 1 aromatic rings. The maximum absolute atomic E-state index is 11.3. The molecule has 0 aliphatic heterocycles. The van der Waals surface area contributed by atoms with Crippen LogP contribution in [-0.2, 0) is 11.2 Å². The Bertz CT molecular complexity index is 296. The van der Waals surface area contributed by atoms with Crippen LogP contribution in [0.4, 0.5) is 0 Å². The van der Waals surface area contributed by atoms with Crippen LogP contribution in [0.1, 0.15) is 12.5 Å². The molecule has 3 nitrogen and oxygen atoms in total. The first kappa shape index (κ1) is 12.2. The number of nitrogens with one attached hydrogen (secondary N) is 1. The van der Waals surface area contributed by atoms with E-state index in [2.05, 4.69) is 29.1 Å². The Morgan fingerprint density at radius 3 is 2.87 bits per heavy atom. The predicted octanol–water partition coefficient (Wildman–Crippen LogP) is 1.36. The summed E-state index contributed by atoms with van der Waals surface area (Å²) in [5.41, 5.74) is 1.33. The number of carbonyl (C=O) groups is 1. The molecular formula is C11H18N2OS. The molecule has 4 heteroatoms. The lowest BCUT2D eigenvalue weighted by Crippen LogP contribution is -2.38. The number of rotatable bonds is 5. The Morgan fingerprint density at radius 1 is 1.60 bits per heavy atom. The van der Waals surface area contributed by atoms with Crippen molar-refractivity contribution in [2.75, 3.05) is 20.6 Å². The minimum absolute atomic E-state index is 0.118. The van der Waals surface area contributed by atoms with Gasteiger partial charge in [0.05, 0.1) is 6.54 Å². The zero-order valence-corrected chi connectivity index (χ0v) is 10.3. The van der Waals surface area contributed by atoms with Gasteiger partial charge in [-0.25, -0.2) is 0 Å². The van der Waals surface area contributed by atoms with E-state index in [-0.39, 0.29) is 5.91 Å². The largest absolute Gasteiger partial charge is 0.348 e. The third kappa shape index (κ3) is 4.44. The number of thiophene rings is 1. The van der Waals surface area contributed by atoms with Crippen LogP contribution in [0.5, 0.6) is 0 Å². The Labute approximate surface area is 95.1 Å². The van der Waals surface area contributed by atoms with Gasteiger partial charge in [-0.3, -0.25) is 4.79 Å². The van der Waals surface area contributed by atoms with Crippen molar-refractivity contribution in [1.29, 1.82) is 0 Å². The van der Waals surface area contributed by atoms with Crippen LogP contribution >= 0.6 is 11.3 Å². The minimum atomic E-state index is 0.118. The van der Waals surface area contributed by atoms with Gasteiger partial charge in [-0.2, -0.15) is 11.3 Å². The molecular weight excluding hydrogens is 208 g/mol. The maximum atomic E-state index is 11.3. The molecule has 1 atom stereocenters. The summed E-state index contributed by atoms with van der Waals surface area (Å²) in [6.45, 7) is 2.51. The van der Waals surface area contributed by atoms with Crippen molar-refractivity contribution in [2.45, 2.75) is 19.4 Å². The highest BCUT2D eigenvalue weighted by Gasteiger charge is 2.07. The molecule has 0 aromatic carbocycles. The van der Waals surface area contributed by atoms with Crippen molar-refractivity contribution >= 4 is 17.2 Å². The maximum Gasteiger partial charge on any atom is 0.236 e. The van der Waals surface area contributed by atoms with Crippen molar-refractivity contribution in [3.63, 3.8) is 0 Å². The van der Waals surface area contributed by atoms with Gasteiger partial charge in [-0.05, 0) is 35.7 Å². The highest BCUT2D eigenvalue weighted by molar-refractivity contribution is 7.07. The second kappa shape index (κ2) is 5.88. The standard InChI is InChI=1S/C11H18N2OS/c1-9(6-10-4-5-15-8-10)12-7-11(14)13(2)3/h4-5,8-9,12H,6-7H2,1-3H3. The van der Waals surface area contributed by atoms with Gasteiger partial charge in [0.2, 0.25) is 5.91 Å². The van der Waals surface area contributed by atoms with Crippen molar-refractivity contribution in [2.24, 2.45) is 0 Å². The molecule has 15 heavy (non-hydrogen) atoms. The molecule has 84 valence electrons. The third-order valence-corrected chi connectivity index (χ3v) is 2.95. The fourth-order valence-corrected chi connectivity index (χ4v) is 1.94. The molecule has 1 heterocycles. The van der Waals surface area contributed by atoms with Crippen LogP contribution in [0.25, 0.3) is 0 Å². The summed E-state index contributed by atoms with van der Waals surface area (Å²) in [7, 11) is 3.54. The first-order valence-electron chi connectivity index (χ1n) is 5.04. The van der Waals surface area contributed by atoms with Crippen LogP contribution in [-0.4, -0.2) is 37.5 Å². The summed E-state index contributed by atoms with van der Waals surface area (Å²) in [4.78, 5) is 12.9. The van der Waals surface area contributed by atoms with E-state index in [0.29, 0.717) is 12.6 Å². The van der Waals surface area contributed by atoms with Gasteiger partial charge in [0, 0.05) is 20.1 Å². The summed E-state index contributed by atoms with van der Waals surface area (Å²) in [6.07, 6.45) is 0.976. The van der Waals surface area contributed by atoms with Crippen LogP contribution in [0.3, 0.4) is 0 Å². The van der Waals surface area contributed by atoms with E-state index >= 15 is 0 Å². The molecule has 0 aliphatic carbocycles. The molecule has 1 amide bonds. The van der Waals surface area contributed by atoms with Crippen LogP contribution < -0.4 is 5.32 Å². The molecule has 0 bridgehead atoms. The highest BCUT2D eigenvalue weighted by atomic mass is 32.1. The smallest absolute Gasteiger partial charge is 0.236 e. The molecule has 0 radical (unpaired) electrons. The van der Waals surface area contributed by atoms with Gasteiger partial charge < -0.3 is 10.2 Å². The molecule has 1 aromatic heterocycles. The molecule has 0 fully saturated rings. The lowest BCUT2D eigenvalue weighted by Gasteiger charge is -2.15. The molecule has 0 saturated heterocycles. The molecule has 1 unspecified atom stereocenters. The van der Waals surface area contributed by atoms with Crippen molar-refractivity contribution in [3.05, 3.63) is 22.4 Å². The quantitative estimate of drug-likeness (QED) is 0.822. The first-order chi connectivity index (χ1) is 7.09. The lowest BCUT2D eigenvalue weighted by molar-refractivity contribution is -0.127. The lowest BCUT2D eigenvalue weighted by atomic mass is 10.1. The van der Waals surface area contributed by atoms with E-state index in [1.807, 2.05) is 0 Å². The van der Waals surface area contributed by atoms with E-state index in [1.165, 1.54) is 5.56 Å². The Balaban J connectivity index is 2.25. The summed E-state index contributed by atoms with van der Waals surface area (Å²) in [5.74, 6) is 0.118. The van der Waals surface area contributed by atoms with Gasteiger partial charge in [0.1, 0.15) is 0 Å². The number of hydrogen-bond acceptors (Lipinski definition) is 3. The third-order valence-electron chi connectivity index (χ3n) is 2.22. The van der Waals surface area contributed by atoms with Gasteiger partial charge in [-0.1, -0.05) is 0 Å². The fraction of sp³-hybridized carbons (Fsp3) is 0.545. The number of nitrogens with zero attached hydrogens (tertiary/aromatic N) is 1. The second-order valence-corrected chi connectivity index (χ2v) is 4.69. The second-order valence-electron chi connectivity index (χ2n) is 3.91. The number of likely N-dealkylation sites (N-methyl/N-ethyl adjacent to an activating group) is 1. The van der Waals surface area contributed by atoms with Gasteiger partial charge >= 0.3 is 0 Å². The molecule has 0 aliphatic rings. The van der Waals surface area contributed by atoms with E-state index in [4.69, 9.17) is 0 Å². The average molecular weight is 226 g/mol. The van der Waals surface area contributed by atoms with Crippen LogP contribution in [0, 0.1) is 0 Å². The summed E-state index contributed by atoms with van der Waals surface area (Å²) >= 11 is 1.71. The number of hydrogen-bond donors (Lipinski definition) is 1. The SMILES string of the molecule is CC(Cc1ccsc1)NCC(=O)N(C)C. The minimum Gasteiger partial charge on any atom is -0.348 e. The molecule has 0 saturated carbocycles. The molecule has 0 spiro atoms. The highest BCUT2D eigenvalue weighted by Crippen LogP contribution is 2.08. The number of amides is 1. The van der Waals surface area contributed by atoms with Crippen LogP contribution in [0.15, 0.2) is 16.8 Å². The summed E-state index contributed by atoms with van der Waals surface area (Å²) in [6, 6.07) is 2.46.